The van der Waals surface area contributed by atoms with Crippen LogP contribution >= 0.6 is 11.8 Å². The molecule has 0 radical (unpaired) electrons. The zero-order valence-electron chi connectivity index (χ0n) is 12.4. The largest absolute Gasteiger partial charge is 0.468 e. The average Bonchev–Trinajstić information content (AvgIpc) is 3.11. The first-order chi connectivity index (χ1) is 9.08. The van der Waals surface area contributed by atoms with Crippen molar-refractivity contribution in [3.8, 4) is 0 Å². The van der Waals surface area contributed by atoms with Gasteiger partial charge in [-0.15, -0.1) is 0 Å². The van der Waals surface area contributed by atoms with Crippen LogP contribution in [0.15, 0.2) is 0 Å². The van der Waals surface area contributed by atoms with Crippen molar-refractivity contribution in [2.45, 2.75) is 69.2 Å². The molecule has 0 aliphatic heterocycles. The lowest BCUT2D eigenvalue weighted by atomic mass is 9.94. The van der Waals surface area contributed by atoms with Gasteiger partial charge in [-0.1, -0.05) is 12.8 Å². The Kier molecular flexibility index (Phi) is 5.18. The van der Waals surface area contributed by atoms with Gasteiger partial charge in [0, 0.05) is 17.0 Å². The highest BCUT2D eigenvalue weighted by molar-refractivity contribution is 8.00. The second kappa shape index (κ2) is 6.49. The van der Waals surface area contributed by atoms with E-state index in [1.54, 1.807) is 0 Å². The normalized spacial score (nSPS) is 23.6. The van der Waals surface area contributed by atoms with Crippen molar-refractivity contribution in [2.75, 3.05) is 12.9 Å². The Bertz CT molecular complexity index is 311. The van der Waals surface area contributed by atoms with Crippen LogP contribution in [0.2, 0.25) is 0 Å². The number of hydrogen-bond donors (Lipinski definition) is 1. The van der Waals surface area contributed by atoms with Gasteiger partial charge in [0.05, 0.1) is 7.11 Å². The van der Waals surface area contributed by atoms with Crippen LogP contribution in [0.3, 0.4) is 0 Å². The number of methoxy groups -OCH3 is 1. The van der Waals surface area contributed by atoms with E-state index in [1.807, 2.05) is 11.8 Å². The standard InChI is InChI=1S/C15H27NO2S/c1-11(2)16-15(12-8-9-12,14(17)18-3)10-19-13-6-4-5-7-13/h11-13,16H,4-10H2,1-3H3. The lowest BCUT2D eigenvalue weighted by Crippen LogP contribution is -2.59. The van der Waals surface area contributed by atoms with E-state index in [0.717, 1.165) is 23.8 Å². The molecule has 1 atom stereocenters. The fraction of sp³-hybridized carbons (Fsp3) is 0.933. The number of rotatable bonds is 7. The van der Waals surface area contributed by atoms with Crippen LogP contribution in [0.4, 0.5) is 0 Å². The van der Waals surface area contributed by atoms with Gasteiger partial charge in [-0.05, 0) is 45.4 Å². The van der Waals surface area contributed by atoms with Gasteiger partial charge in [0.15, 0.2) is 0 Å². The van der Waals surface area contributed by atoms with Crippen molar-refractivity contribution in [1.29, 1.82) is 0 Å². The zero-order chi connectivity index (χ0) is 13.9. The van der Waals surface area contributed by atoms with Crippen molar-refractivity contribution >= 4 is 17.7 Å². The van der Waals surface area contributed by atoms with E-state index >= 15 is 0 Å². The van der Waals surface area contributed by atoms with Gasteiger partial charge >= 0.3 is 5.97 Å². The predicted molar refractivity (Wildman–Crippen MR) is 80.5 cm³/mol. The molecule has 2 aliphatic carbocycles. The molecule has 1 N–H and O–H groups in total. The van der Waals surface area contributed by atoms with Gasteiger partial charge in [0.1, 0.15) is 5.54 Å². The summed E-state index contributed by atoms with van der Waals surface area (Å²) in [4.78, 5) is 12.4. The Labute approximate surface area is 121 Å². The number of carbonyl (C=O) groups excluding carboxylic acids is 1. The molecule has 0 aromatic rings. The summed E-state index contributed by atoms with van der Waals surface area (Å²) in [6, 6.07) is 0.309. The van der Waals surface area contributed by atoms with E-state index in [0.29, 0.717) is 12.0 Å². The number of ether oxygens (including phenoxy) is 1. The first kappa shape index (κ1) is 15.2. The molecule has 4 heteroatoms. The van der Waals surface area contributed by atoms with Crippen LogP contribution < -0.4 is 5.32 Å². The highest BCUT2D eigenvalue weighted by Crippen LogP contribution is 2.44. The topological polar surface area (TPSA) is 38.3 Å². The third-order valence-corrected chi connectivity index (χ3v) is 5.78. The summed E-state index contributed by atoms with van der Waals surface area (Å²) >= 11 is 1.98. The molecule has 1 unspecified atom stereocenters. The first-order valence-corrected chi connectivity index (χ1v) is 8.61. The lowest BCUT2D eigenvalue weighted by molar-refractivity contribution is -0.148. The summed E-state index contributed by atoms with van der Waals surface area (Å²) in [6.07, 6.45) is 7.64. The molecule has 0 bridgehead atoms. The molecule has 0 amide bonds. The van der Waals surface area contributed by atoms with Crippen molar-refractivity contribution in [2.24, 2.45) is 5.92 Å². The SMILES string of the molecule is COC(=O)C(CSC1CCCC1)(NC(C)C)C1CC1. The van der Waals surface area contributed by atoms with Crippen LogP contribution in [0.25, 0.3) is 0 Å². The minimum atomic E-state index is -0.448. The molecule has 3 nitrogen and oxygen atoms in total. The molecule has 19 heavy (non-hydrogen) atoms. The fourth-order valence-electron chi connectivity index (χ4n) is 3.14. The highest BCUT2D eigenvalue weighted by Gasteiger charge is 2.52. The van der Waals surface area contributed by atoms with E-state index in [-0.39, 0.29) is 5.97 Å². The third-order valence-electron chi connectivity index (χ3n) is 4.22. The van der Waals surface area contributed by atoms with Crippen molar-refractivity contribution < 1.29 is 9.53 Å². The minimum absolute atomic E-state index is 0.0609. The zero-order valence-corrected chi connectivity index (χ0v) is 13.2. The summed E-state index contributed by atoms with van der Waals surface area (Å²) in [6.45, 7) is 4.22. The molecule has 0 saturated heterocycles. The monoisotopic (exact) mass is 285 g/mol. The van der Waals surface area contributed by atoms with Crippen molar-refractivity contribution in [3.63, 3.8) is 0 Å². The predicted octanol–water partition coefficient (Wildman–Crippen LogP) is 2.98. The molecule has 0 heterocycles. The Morgan fingerprint density at radius 1 is 1.32 bits per heavy atom. The highest BCUT2D eigenvalue weighted by atomic mass is 32.2. The molecule has 2 rings (SSSR count). The minimum Gasteiger partial charge on any atom is -0.468 e. The van der Waals surface area contributed by atoms with Gasteiger partial charge < -0.3 is 4.74 Å². The number of carbonyl (C=O) groups is 1. The van der Waals surface area contributed by atoms with Gasteiger partial charge in [0.2, 0.25) is 0 Å². The Balaban J connectivity index is 2.04. The third kappa shape index (κ3) is 3.66. The summed E-state index contributed by atoms with van der Waals surface area (Å²) in [5.74, 6) is 1.28. The summed E-state index contributed by atoms with van der Waals surface area (Å²) in [5.41, 5.74) is -0.448. The molecular formula is C15H27NO2S. The smallest absolute Gasteiger partial charge is 0.327 e. The maximum absolute atomic E-state index is 12.4. The number of thioether (sulfide) groups is 1. The molecule has 2 aliphatic rings. The Morgan fingerprint density at radius 3 is 2.42 bits per heavy atom. The Hall–Kier alpha value is -0.220. The molecule has 110 valence electrons. The van der Waals surface area contributed by atoms with E-state index in [4.69, 9.17) is 4.74 Å². The molecule has 2 fully saturated rings. The molecule has 2 saturated carbocycles. The van der Waals surface area contributed by atoms with Gasteiger partial charge in [-0.2, -0.15) is 11.8 Å². The lowest BCUT2D eigenvalue weighted by Gasteiger charge is -2.34. The van der Waals surface area contributed by atoms with Crippen LogP contribution in [0.1, 0.15) is 52.4 Å². The van der Waals surface area contributed by atoms with Gasteiger partial charge in [0.25, 0.3) is 0 Å². The van der Waals surface area contributed by atoms with E-state index in [1.165, 1.54) is 32.8 Å². The van der Waals surface area contributed by atoms with Gasteiger partial charge in [-0.25, -0.2) is 0 Å². The van der Waals surface area contributed by atoms with Crippen LogP contribution in [-0.2, 0) is 9.53 Å². The summed E-state index contributed by atoms with van der Waals surface area (Å²) in [5, 5.41) is 4.28. The number of hydrogen-bond acceptors (Lipinski definition) is 4. The maximum Gasteiger partial charge on any atom is 0.327 e. The van der Waals surface area contributed by atoms with E-state index in [9.17, 15) is 4.79 Å². The maximum atomic E-state index is 12.4. The Morgan fingerprint density at radius 2 is 1.95 bits per heavy atom. The van der Waals surface area contributed by atoms with Gasteiger partial charge in [-0.3, -0.25) is 10.1 Å². The molecule has 0 spiro atoms. The number of nitrogens with one attached hydrogen (secondary N) is 1. The van der Waals surface area contributed by atoms with Crippen LogP contribution in [-0.4, -0.2) is 35.7 Å². The van der Waals surface area contributed by atoms with Crippen LogP contribution in [0.5, 0.6) is 0 Å². The molecule has 0 aromatic heterocycles. The van der Waals surface area contributed by atoms with Crippen molar-refractivity contribution in [3.05, 3.63) is 0 Å². The first-order valence-electron chi connectivity index (χ1n) is 7.56. The summed E-state index contributed by atoms with van der Waals surface area (Å²) in [7, 11) is 1.52. The summed E-state index contributed by atoms with van der Waals surface area (Å²) < 4.78 is 5.12. The quantitative estimate of drug-likeness (QED) is 0.730. The van der Waals surface area contributed by atoms with E-state index in [2.05, 4.69) is 19.2 Å². The number of esters is 1. The average molecular weight is 285 g/mol. The molecule has 0 aromatic carbocycles. The second-order valence-electron chi connectivity index (χ2n) is 6.25. The van der Waals surface area contributed by atoms with Crippen molar-refractivity contribution in [1.82, 2.24) is 5.32 Å². The van der Waals surface area contributed by atoms with Crippen LogP contribution in [0, 0.1) is 5.92 Å². The van der Waals surface area contributed by atoms with E-state index < -0.39 is 5.54 Å². The second-order valence-corrected chi connectivity index (χ2v) is 7.54. The fourth-order valence-corrected chi connectivity index (χ4v) is 4.74. The molecular weight excluding hydrogens is 258 g/mol.